The molecule has 30 heavy (non-hydrogen) atoms. The smallest absolute Gasteiger partial charge is 0.414 e. The number of benzene rings is 2. The van der Waals surface area contributed by atoms with E-state index in [1.54, 1.807) is 12.1 Å². The number of hydrogen-bond donors (Lipinski definition) is 2. The zero-order chi connectivity index (χ0) is 21.9. The number of hydrogen-bond acceptors (Lipinski definition) is 4. The predicted octanol–water partition coefficient (Wildman–Crippen LogP) is 3.51. The maximum atomic E-state index is 13.0. The summed E-state index contributed by atoms with van der Waals surface area (Å²) in [5.41, 5.74) is 2.03. The Bertz CT molecular complexity index is 818. The number of carboxylic acid groups (broad SMARTS) is 2. The van der Waals surface area contributed by atoms with Gasteiger partial charge in [-0.25, -0.2) is 14.0 Å². The molecule has 0 aliphatic carbocycles. The molecule has 3 rings (SSSR count). The molecule has 160 valence electrons. The van der Waals surface area contributed by atoms with E-state index in [1.807, 2.05) is 6.07 Å². The van der Waals surface area contributed by atoms with E-state index in [1.165, 1.54) is 17.7 Å². The highest BCUT2D eigenvalue weighted by Crippen LogP contribution is 2.22. The number of carboxylic acids is 2. The van der Waals surface area contributed by atoms with Gasteiger partial charge in [0.2, 0.25) is 0 Å². The Morgan fingerprint density at radius 1 is 0.900 bits per heavy atom. The Balaban J connectivity index is 0.000000469. The third-order valence-electron chi connectivity index (χ3n) is 5.05. The van der Waals surface area contributed by atoms with Crippen LogP contribution in [0.3, 0.4) is 0 Å². The summed E-state index contributed by atoms with van der Waals surface area (Å²) in [6.45, 7) is 3.05. The van der Waals surface area contributed by atoms with Crippen molar-refractivity contribution in [2.45, 2.75) is 25.7 Å². The molecule has 6 nitrogen and oxygen atoms in total. The van der Waals surface area contributed by atoms with Crippen LogP contribution in [0.2, 0.25) is 0 Å². The van der Waals surface area contributed by atoms with Crippen LogP contribution in [0.25, 0.3) is 0 Å². The van der Waals surface area contributed by atoms with Crippen LogP contribution in [-0.4, -0.2) is 52.5 Å². The van der Waals surface area contributed by atoms with E-state index in [0.29, 0.717) is 5.56 Å². The molecule has 1 heterocycles. The molecule has 1 aliphatic rings. The van der Waals surface area contributed by atoms with E-state index in [4.69, 9.17) is 19.8 Å². The number of carbonyl (C=O) groups is 3. The summed E-state index contributed by atoms with van der Waals surface area (Å²) in [4.78, 5) is 33.1. The lowest BCUT2D eigenvalue weighted by molar-refractivity contribution is -0.159. The first-order valence-electron chi connectivity index (χ1n) is 9.89. The Morgan fingerprint density at radius 2 is 1.47 bits per heavy atom. The van der Waals surface area contributed by atoms with Crippen LogP contribution >= 0.6 is 0 Å². The normalized spacial score (nSPS) is 14.4. The lowest BCUT2D eigenvalue weighted by atomic mass is 9.89. The van der Waals surface area contributed by atoms with Gasteiger partial charge in [0, 0.05) is 11.5 Å². The third-order valence-corrected chi connectivity index (χ3v) is 5.05. The van der Waals surface area contributed by atoms with Crippen LogP contribution in [0.1, 0.15) is 35.2 Å². The van der Waals surface area contributed by atoms with Crippen LogP contribution in [0, 0.1) is 11.7 Å². The fraction of sp³-hybridized carbons (Fsp3) is 0.348. The van der Waals surface area contributed by atoms with Crippen molar-refractivity contribution in [3.05, 3.63) is 71.5 Å². The molecular formula is C23H26FNO5. The Kier molecular flexibility index (Phi) is 9.15. The number of Topliss-reactive ketones (excluding diaryl/α,β-unsaturated/α-hetero) is 1. The van der Waals surface area contributed by atoms with Crippen molar-refractivity contribution in [2.75, 3.05) is 19.6 Å². The minimum atomic E-state index is -1.82. The first-order chi connectivity index (χ1) is 14.4. The number of aliphatic carboxylic acids is 2. The zero-order valence-corrected chi connectivity index (χ0v) is 16.7. The molecule has 0 aromatic heterocycles. The molecule has 1 fully saturated rings. The van der Waals surface area contributed by atoms with Gasteiger partial charge in [0.25, 0.3) is 0 Å². The van der Waals surface area contributed by atoms with Crippen molar-refractivity contribution in [1.29, 1.82) is 0 Å². The number of nitrogens with zero attached hydrogens (tertiary/aromatic N) is 1. The number of carbonyl (C=O) groups excluding carboxylic acids is 1. The minimum Gasteiger partial charge on any atom is -0.473 e. The van der Waals surface area contributed by atoms with Gasteiger partial charge in [-0.15, -0.1) is 0 Å². The largest absolute Gasteiger partial charge is 0.473 e. The summed E-state index contributed by atoms with van der Waals surface area (Å²) in [6.07, 6.45) is 4.07. The van der Waals surface area contributed by atoms with Crippen LogP contribution in [0.15, 0.2) is 54.6 Å². The van der Waals surface area contributed by atoms with Gasteiger partial charge in [-0.05, 0) is 75.1 Å². The first kappa shape index (κ1) is 23.2. The van der Waals surface area contributed by atoms with Gasteiger partial charge in [0.15, 0.2) is 5.78 Å². The molecule has 0 amide bonds. The quantitative estimate of drug-likeness (QED) is 0.554. The van der Waals surface area contributed by atoms with Crippen LogP contribution < -0.4 is 0 Å². The Morgan fingerprint density at radius 3 is 2.00 bits per heavy atom. The molecule has 2 aromatic rings. The van der Waals surface area contributed by atoms with Gasteiger partial charge in [-0.2, -0.15) is 0 Å². The highest BCUT2D eigenvalue weighted by molar-refractivity contribution is 6.27. The predicted molar refractivity (Wildman–Crippen MR) is 110 cm³/mol. The topological polar surface area (TPSA) is 94.9 Å². The SMILES string of the molecule is O=C(O)C(=O)O.O=C(c1ccc(F)cc1)C1CCN(CCCc2ccccc2)CC1. The zero-order valence-electron chi connectivity index (χ0n) is 16.7. The Labute approximate surface area is 175 Å². The number of ketones is 1. The Hall–Kier alpha value is -3.06. The first-order valence-corrected chi connectivity index (χ1v) is 9.89. The molecule has 0 unspecified atom stereocenters. The molecule has 1 saturated heterocycles. The molecule has 2 N–H and O–H groups in total. The molecule has 0 atom stereocenters. The second-order valence-electron chi connectivity index (χ2n) is 7.19. The van der Waals surface area contributed by atoms with Crippen molar-refractivity contribution in [1.82, 2.24) is 4.90 Å². The van der Waals surface area contributed by atoms with Crippen molar-refractivity contribution in [2.24, 2.45) is 5.92 Å². The monoisotopic (exact) mass is 415 g/mol. The summed E-state index contributed by atoms with van der Waals surface area (Å²) >= 11 is 0. The second kappa shape index (κ2) is 11.8. The van der Waals surface area contributed by atoms with E-state index in [0.717, 1.165) is 45.3 Å². The summed E-state index contributed by atoms with van der Waals surface area (Å²) in [5, 5.41) is 14.8. The van der Waals surface area contributed by atoms with Gasteiger partial charge in [-0.3, -0.25) is 4.79 Å². The van der Waals surface area contributed by atoms with Crippen LogP contribution in [-0.2, 0) is 16.0 Å². The molecular weight excluding hydrogens is 389 g/mol. The minimum absolute atomic E-state index is 0.0841. The van der Waals surface area contributed by atoms with Crippen molar-refractivity contribution in [3.8, 4) is 0 Å². The maximum absolute atomic E-state index is 13.0. The maximum Gasteiger partial charge on any atom is 0.414 e. The van der Waals surface area contributed by atoms with E-state index in [-0.39, 0.29) is 17.5 Å². The highest BCUT2D eigenvalue weighted by atomic mass is 19.1. The van der Waals surface area contributed by atoms with E-state index in [9.17, 15) is 9.18 Å². The fourth-order valence-corrected chi connectivity index (χ4v) is 3.42. The summed E-state index contributed by atoms with van der Waals surface area (Å²) in [5.74, 6) is -3.69. The summed E-state index contributed by atoms with van der Waals surface area (Å²) in [6, 6.07) is 16.5. The van der Waals surface area contributed by atoms with Crippen molar-refractivity contribution < 1.29 is 29.0 Å². The van der Waals surface area contributed by atoms with Gasteiger partial charge in [0.1, 0.15) is 5.82 Å². The number of rotatable bonds is 6. The number of halogens is 1. The molecule has 0 spiro atoms. The van der Waals surface area contributed by atoms with Crippen molar-refractivity contribution >= 4 is 17.7 Å². The molecule has 7 heteroatoms. The van der Waals surface area contributed by atoms with E-state index < -0.39 is 11.9 Å². The van der Waals surface area contributed by atoms with Gasteiger partial charge < -0.3 is 15.1 Å². The molecule has 0 bridgehead atoms. The van der Waals surface area contributed by atoms with Crippen molar-refractivity contribution in [3.63, 3.8) is 0 Å². The number of aryl methyl sites for hydroxylation is 1. The average molecular weight is 415 g/mol. The standard InChI is InChI=1S/C21H24FNO.C2H2O4/c22-20-10-8-18(9-11-20)21(24)19-12-15-23(16-13-19)14-4-7-17-5-2-1-3-6-17;3-1(4)2(5)6/h1-3,5-6,8-11,19H,4,7,12-16H2;(H,3,4)(H,5,6). The van der Waals surface area contributed by atoms with E-state index >= 15 is 0 Å². The lowest BCUT2D eigenvalue weighted by Crippen LogP contribution is -2.37. The van der Waals surface area contributed by atoms with Crippen LogP contribution in [0.4, 0.5) is 4.39 Å². The number of likely N-dealkylation sites (tertiary alicyclic amines) is 1. The molecule has 0 radical (unpaired) electrons. The van der Waals surface area contributed by atoms with E-state index in [2.05, 4.69) is 29.2 Å². The molecule has 1 aliphatic heterocycles. The molecule has 2 aromatic carbocycles. The van der Waals surface area contributed by atoms with Crippen LogP contribution in [0.5, 0.6) is 0 Å². The summed E-state index contributed by atoms with van der Waals surface area (Å²) < 4.78 is 13.0. The third kappa shape index (κ3) is 7.75. The highest BCUT2D eigenvalue weighted by Gasteiger charge is 2.25. The fourth-order valence-electron chi connectivity index (χ4n) is 3.42. The average Bonchev–Trinajstić information content (AvgIpc) is 2.75. The molecule has 0 saturated carbocycles. The van der Waals surface area contributed by atoms with Gasteiger partial charge >= 0.3 is 11.9 Å². The second-order valence-corrected chi connectivity index (χ2v) is 7.19. The van der Waals surface area contributed by atoms with Gasteiger partial charge in [-0.1, -0.05) is 30.3 Å². The number of piperidine rings is 1. The van der Waals surface area contributed by atoms with Gasteiger partial charge in [0.05, 0.1) is 0 Å². The lowest BCUT2D eigenvalue weighted by Gasteiger charge is -2.31. The summed E-state index contributed by atoms with van der Waals surface area (Å²) in [7, 11) is 0.